The molecular weight excluding hydrogens is 326 g/mol. The van der Waals surface area contributed by atoms with Crippen LogP contribution in [0.2, 0.25) is 0 Å². The number of ether oxygens (including phenoxy) is 2. The van der Waals surface area contributed by atoms with Gasteiger partial charge in [0.2, 0.25) is 0 Å². The topological polar surface area (TPSA) is 73.3 Å². The molecule has 1 aliphatic heterocycles. The highest BCUT2D eigenvalue weighted by Gasteiger charge is 2.23. The maximum atomic E-state index is 5.88. The van der Waals surface area contributed by atoms with Crippen molar-refractivity contribution < 1.29 is 9.47 Å². The number of anilines is 1. The normalized spacial score (nSPS) is 15.6. The summed E-state index contributed by atoms with van der Waals surface area (Å²) >= 11 is 1.64. The van der Waals surface area contributed by atoms with Crippen molar-refractivity contribution in [3.63, 3.8) is 0 Å². The summed E-state index contributed by atoms with van der Waals surface area (Å²) in [5, 5.41) is 3.18. The number of hydrogen-bond donors (Lipinski definition) is 0. The van der Waals surface area contributed by atoms with Crippen LogP contribution in [-0.2, 0) is 0 Å². The average Bonchev–Trinajstić information content (AvgIpc) is 3.12. The van der Waals surface area contributed by atoms with E-state index in [0.29, 0.717) is 11.8 Å². The van der Waals surface area contributed by atoms with E-state index < -0.39 is 0 Å². The van der Waals surface area contributed by atoms with Crippen LogP contribution >= 0.6 is 11.3 Å². The van der Waals surface area contributed by atoms with Gasteiger partial charge in [-0.2, -0.15) is 9.97 Å². The lowest BCUT2D eigenvalue weighted by Crippen LogP contribution is -2.39. The van der Waals surface area contributed by atoms with Crippen LogP contribution in [0, 0.1) is 0 Å². The third-order valence-corrected chi connectivity index (χ3v) is 4.92. The summed E-state index contributed by atoms with van der Waals surface area (Å²) in [6, 6.07) is 2.49. The number of nitrogens with zero attached hydrogens (tertiary/aromatic N) is 5. The Morgan fingerprint density at radius 1 is 1.12 bits per heavy atom. The van der Waals surface area contributed by atoms with Gasteiger partial charge in [-0.15, -0.1) is 11.3 Å². The molecule has 1 fully saturated rings. The van der Waals surface area contributed by atoms with Gasteiger partial charge in [-0.3, -0.25) is 0 Å². The van der Waals surface area contributed by atoms with Crippen LogP contribution in [-0.4, -0.2) is 46.2 Å². The van der Waals surface area contributed by atoms with Gasteiger partial charge in [0, 0.05) is 25.9 Å². The summed E-state index contributed by atoms with van der Waals surface area (Å²) in [6.45, 7) is 1.78. The van der Waals surface area contributed by atoms with Crippen LogP contribution in [0.15, 0.2) is 30.2 Å². The minimum absolute atomic E-state index is 0.120. The molecular formula is C16H17N5O2S. The summed E-state index contributed by atoms with van der Waals surface area (Å²) in [7, 11) is 1.59. The summed E-state index contributed by atoms with van der Waals surface area (Å²) in [6.07, 6.45) is 6.81. The molecule has 0 aliphatic carbocycles. The van der Waals surface area contributed by atoms with Gasteiger partial charge in [0.05, 0.1) is 24.9 Å². The van der Waals surface area contributed by atoms with Gasteiger partial charge in [-0.05, 0) is 11.4 Å². The van der Waals surface area contributed by atoms with Crippen molar-refractivity contribution in [2.24, 2.45) is 0 Å². The van der Waals surface area contributed by atoms with Crippen molar-refractivity contribution in [3.8, 4) is 11.8 Å². The Bertz CT molecular complexity index is 815. The number of methoxy groups -OCH3 is 1. The van der Waals surface area contributed by atoms with Gasteiger partial charge < -0.3 is 14.4 Å². The molecule has 0 unspecified atom stereocenters. The van der Waals surface area contributed by atoms with E-state index in [4.69, 9.17) is 9.47 Å². The quantitative estimate of drug-likeness (QED) is 0.720. The van der Waals surface area contributed by atoms with Gasteiger partial charge in [0.15, 0.2) is 5.75 Å². The molecule has 24 heavy (non-hydrogen) atoms. The predicted octanol–water partition coefficient (Wildman–Crippen LogP) is 2.54. The summed E-state index contributed by atoms with van der Waals surface area (Å²) < 4.78 is 10.9. The fraction of sp³-hybridized carbons (Fsp3) is 0.375. The minimum Gasteiger partial charge on any atom is -0.494 e. The van der Waals surface area contributed by atoms with E-state index >= 15 is 0 Å². The molecule has 7 nitrogen and oxygen atoms in total. The lowest BCUT2D eigenvalue weighted by Gasteiger charge is -2.32. The van der Waals surface area contributed by atoms with Gasteiger partial charge in [0.1, 0.15) is 23.1 Å². The van der Waals surface area contributed by atoms with Crippen LogP contribution in [0.1, 0.15) is 12.8 Å². The average molecular weight is 343 g/mol. The van der Waals surface area contributed by atoms with Gasteiger partial charge >= 0.3 is 6.01 Å². The molecule has 3 aromatic rings. The molecule has 1 saturated heterocycles. The highest BCUT2D eigenvalue weighted by molar-refractivity contribution is 7.16. The summed E-state index contributed by atoms with van der Waals surface area (Å²) in [5.41, 5.74) is 0. The molecule has 0 spiro atoms. The largest absolute Gasteiger partial charge is 0.494 e. The number of piperidine rings is 1. The monoisotopic (exact) mass is 343 g/mol. The second-order valence-corrected chi connectivity index (χ2v) is 6.44. The third kappa shape index (κ3) is 2.96. The van der Waals surface area contributed by atoms with Crippen LogP contribution in [0.3, 0.4) is 0 Å². The first-order valence-electron chi connectivity index (χ1n) is 7.79. The van der Waals surface area contributed by atoms with E-state index in [1.54, 1.807) is 37.2 Å². The number of rotatable bonds is 4. The van der Waals surface area contributed by atoms with Crippen molar-refractivity contribution in [1.82, 2.24) is 19.9 Å². The minimum atomic E-state index is 0.120. The zero-order valence-corrected chi connectivity index (χ0v) is 14.1. The Morgan fingerprint density at radius 3 is 2.67 bits per heavy atom. The molecule has 4 heterocycles. The molecule has 0 saturated carbocycles. The highest BCUT2D eigenvalue weighted by Crippen LogP contribution is 2.29. The van der Waals surface area contributed by atoms with E-state index in [-0.39, 0.29) is 6.10 Å². The van der Waals surface area contributed by atoms with Crippen LogP contribution in [0.5, 0.6) is 11.8 Å². The molecule has 8 heteroatoms. The molecule has 0 aromatic carbocycles. The molecule has 3 aromatic heterocycles. The van der Waals surface area contributed by atoms with E-state index in [2.05, 4.69) is 36.3 Å². The first-order valence-corrected chi connectivity index (χ1v) is 8.67. The van der Waals surface area contributed by atoms with Crippen LogP contribution < -0.4 is 14.4 Å². The Hall–Kier alpha value is -2.48. The number of thiophene rings is 1. The predicted molar refractivity (Wildman–Crippen MR) is 91.9 cm³/mol. The Morgan fingerprint density at radius 2 is 1.92 bits per heavy atom. The Balaban J connectivity index is 1.40. The lowest BCUT2D eigenvalue weighted by atomic mass is 10.1. The Labute approximate surface area is 143 Å². The second kappa shape index (κ2) is 6.56. The van der Waals surface area contributed by atoms with Crippen molar-refractivity contribution in [2.45, 2.75) is 18.9 Å². The molecule has 1 aliphatic rings. The molecule has 0 bridgehead atoms. The van der Waals surface area contributed by atoms with Gasteiger partial charge in [-0.1, -0.05) is 0 Å². The number of aromatic nitrogens is 4. The SMILES string of the molecule is COc1cnc(OC2CCN(c3ncnc4sccc34)CC2)nc1. The fourth-order valence-electron chi connectivity index (χ4n) is 2.83. The maximum absolute atomic E-state index is 5.88. The van der Waals surface area contributed by atoms with Crippen molar-refractivity contribution in [3.05, 3.63) is 30.2 Å². The summed E-state index contributed by atoms with van der Waals surface area (Å²) in [4.78, 5) is 20.4. The smallest absolute Gasteiger partial charge is 0.316 e. The molecule has 0 atom stereocenters. The van der Waals surface area contributed by atoms with E-state index in [1.807, 2.05) is 0 Å². The lowest BCUT2D eigenvalue weighted by molar-refractivity contribution is 0.156. The van der Waals surface area contributed by atoms with Crippen LogP contribution in [0.4, 0.5) is 5.82 Å². The second-order valence-electron chi connectivity index (χ2n) is 5.55. The van der Waals surface area contributed by atoms with Gasteiger partial charge in [0.25, 0.3) is 0 Å². The standard InChI is InChI=1S/C16H17N5O2S/c1-22-12-8-17-16(18-9-12)23-11-2-5-21(6-3-11)14-13-4-7-24-15(13)20-10-19-14/h4,7-11H,2-3,5-6H2,1H3. The molecule has 4 rings (SSSR count). The zero-order valence-electron chi connectivity index (χ0n) is 13.3. The third-order valence-electron chi connectivity index (χ3n) is 4.09. The first kappa shape index (κ1) is 15.1. The van der Waals surface area contributed by atoms with Crippen LogP contribution in [0.25, 0.3) is 10.2 Å². The fourth-order valence-corrected chi connectivity index (χ4v) is 3.56. The van der Waals surface area contributed by atoms with E-state index in [1.165, 1.54) is 0 Å². The van der Waals surface area contributed by atoms with Gasteiger partial charge in [-0.25, -0.2) is 9.97 Å². The maximum Gasteiger partial charge on any atom is 0.316 e. The number of fused-ring (bicyclic) bond motifs is 1. The highest BCUT2D eigenvalue weighted by atomic mass is 32.1. The molecule has 0 radical (unpaired) electrons. The molecule has 124 valence electrons. The Kier molecular flexibility index (Phi) is 4.12. The van der Waals surface area contributed by atoms with Crippen molar-refractivity contribution in [1.29, 1.82) is 0 Å². The molecule has 0 amide bonds. The summed E-state index contributed by atoms with van der Waals surface area (Å²) in [5.74, 6) is 1.64. The van der Waals surface area contributed by atoms with E-state index in [9.17, 15) is 0 Å². The van der Waals surface area contributed by atoms with E-state index in [0.717, 1.165) is 42.0 Å². The molecule has 0 N–H and O–H groups in total. The first-order chi connectivity index (χ1) is 11.8. The number of hydrogen-bond acceptors (Lipinski definition) is 8. The van der Waals surface area contributed by atoms with Crippen molar-refractivity contribution in [2.75, 3.05) is 25.1 Å². The zero-order chi connectivity index (χ0) is 16.4. The van der Waals surface area contributed by atoms with Crippen molar-refractivity contribution >= 4 is 27.4 Å².